The Bertz CT molecular complexity index is 883. The largest absolute Gasteiger partial charge is 0.423 e. The molecular weight excluding hydrogens is 321 g/mol. The van der Waals surface area contributed by atoms with E-state index in [4.69, 9.17) is 27.6 Å². The van der Waals surface area contributed by atoms with Crippen molar-refractivity contribution in [2.45, 2.75) is 13.5 Å². The van der Waals surface area contributed by atoms with Gasteiger partial charge in [0.25, 0.3) is 0 Å². The molecule has 3 nitrogen and oxygen atoms in total. The summed E-state index contributed by atoms with van der Waals surface area (Å²) < 4.78 is 5.25. The number of halogens is 2. The molecule has 0 bridgehead atoms. The Labute approximate surface area is 137 Å². The van der Waals surface area contributed by atoms with E-state index in [2.05, 4.69) is 5.32 Å². The van der Waals surface area contributed by atoms with E-state index >= 15 is 0 Å². The summed E-state index contributed by atoms with van der Waals surface area (Å²) in [5.41, 5.74) is 2.93. The van der Waals surface area contributed by atoms with Crippen LogP contribution in [0.5, 0.6) is 0 Å². The van der Waals surface area contributed by atoms with Crippen LogP contribution >= 0.6 is 23.2 Å². The molecule has 5 heteroatoms. The highest BCUT2D eigenvalue weighted by Gasteiger charge is 2.06. The first-order chi connectivity index (χ1) is 10.5. The Morgan fingerprint density at radius 2 is 1.77 bits per heavy atom. The molecule has 0 aliphatic rings. The fraction of sp³-hybridized carbons (Fsp3) is 0.118. The van der Waals surface area contributed by atoms with Crippen molar-refractivity contribution in [1.29, 1.82) is 0 Å². The molecule has 22 heavy (non-hydrogen) atoms. The molecule has 0 atom stereocenters. The average molecular weight is 334 g/mol. The molecule has 0 fully saturated rings. The highest BCUT2D eigenvalue weighted by Crippen LogP contribution is 2.24. The summed E-state index contributed by atoms with van der Waals surface area (Å²) in [6.07, 6.45) is 0. The summed E-state index contributed by atoms with van der Waals surface area (Å²) in [5, 5.41) is 5.25. The van der Waals surface area contributed by atoms with Crippen LogP contribution in [0.15, 0.2) is 51.7 Å². The molecular formula is C17H13Cl2NO2. The molecule has 2 aromatic carbocycles. The van der Waals surface area contributed by atoms with Crippen LogP contribution in [0.25, 0.3) is 11.0 Å². The van der Waals surface area contributed by atoms with Crippen LogP contribution in [0.4, 0.5) is 5.69 Å². The second-order valence-corrected chi connectivity index (χ2v) is 5.97. The van der Waals surface area contributed by atoms with Crippen LogP contribution in [0, 0.1) is 6.92 Å². The minimum absolute atomic E-state index is 0.362. The van der Waals surface area contributed by atoms with Crippen LogP contribution in [-0.2, 0) is 6.54 Å². The predicted molar refractivity (Wildman–Crippen MR) is 91.0 cm³/mol. The van der Waals surface area contributed by atoms with Gasteiger partial charge in [0.2, 0.25) is 0 Å². The van der Waals surface area contributed by atoms with E-state index in [1.54, 1.807) is 18.2 Å². The third-order valence-electron chi connectivity index (χ3n) is 3.33. The molecule has 0 spiro atoms. The lowest BCUT2D eigenvalue weighted by Crippen LogP contribution is -2.06. The van der Waals surface area contributed by atoms with Crippen LogP contribution in [0.1, 0.15) is 11.1 Å². The van der Waals surface area contributed by atoms with Gasteiger partial charge in [-0.2, -0.15) is 0 Å². The second kappa shape index (κ2) is 6.03. The summed E-state index contributed by atoms with van der Waals surface area (Å²) in [6.45, 7) is 2.43. The third kappa shape index (κ3) is 3.26. The number of hydrogen-bond acceptors (Lipinski definition) is 3. The number of nitrogens with one attached hydrogen (secondary N) is 1. The van der Waals surface area contributed by atoms with E-state index in [0.717, 1.165) is 22.2 Å². The van der Waals surface area contributed by atoms with Gasteiger partial charge < -0.3 is 9.73 Å². The lowest BCUT2D eigenvalue weighted by molar-refractivity contribution is 0.559. The lowest BCUT2D eigenvalue weighted by atomic mass is 10.1. The smallest absolute Gasteiger partial charge is 0.336 e. The zero-order valence-electron chi connectivity index (χ0n) is 11.8. The average Bonchev–Trinajstić information content (AvgIpc) is 2.43. The molecule has 0 unspecified atom stereocenters. The maximum Gasteiger partial charge on any atom is 0.336 e. The van der Waals surface area contributed by atoms with Gasteiger partial charge in [-0.3, -0.25) is 0 Å². The highest BCUT2D eigenvalue weighted by atomic mass is 35.5. The third-order valence-corrected chi connectivity index (χ3v) is 3.77. The van der Waals surface area contributed by atoms with E-state index in [0.29, 0.717) is 22.2 Å². The minimum atomic E-state index is -0.362. The summed E-state index contributed by atoms with van der Waals surface area (Å²) in [4.78, 5) is 11.7. The zero-order valence-corrected chi connectivity index (χ0v) is 13.3. The second-order valence-electron chi connectivity index (χ2n) is 5.10. The fourth-order valence-electron chi connectivity index (χ4n) is 2.34. The van der Waals surface area contributed by atoms with Gasteiger partial charge in [0.1, 0.15) is 5.58 Å². The predicted octanol–water partition coefficient (Wildman–Crippen LogP) is 5.02. The molecule has 1 N–H and O–H groups in total. The molecule has 112 valence electrons. The van der Waals surface area contributed by atoms with Crippen molar-refractivity contribution in [3.63, 3.8) is 0 Å². The SMILES string of the molecule is Cc1ccc2c(CNc3cc(Cl)cc(Cl)c3)cc(=O)oc2c1. The van der Waals surface area contributed by atoms with E-state index in [1.165, 1.54) is 6.07 Å². The Morgan fingerprint density at radius 3 is 2.50 bits per heavy atom. The standard InChI is InChI=1S/C17H13Cl2NO2/c1-10-2-3-15-11(5-17(21)22-16(15)4-10)9-20-14-7-12(18)6-13(19)8-14/h2-8,20H,9H2,1H3. The van der Waals surface area contributed by atoms with E-state index in [-0.39, 0.29) is 5.63 Å². The summed E-state index contributed by atoms with van der Waals surface area (Å²) in [7, 11) is 0. The van der Waals surface area contributed by atoms with Crippen LogP contribution in [0.3, 0.4) is 0 Å². The number of aryl methyl sites for hydroxylation is 1. The molecule has 1 aromatic heterocycles. The van der Waals surface area contributed by atoms with Gasteiger partial charge in [0.15, 0.2) is 0 Å². The molecule has 1 heterocycles. The Hall–Kier alpha value is -1.97. The minimum Gasteiger partial charge on any atom is -0.423 e. The quantitative estimate of drug-likeness (QED) is 0.684. The maximum atomic E-state index is 11.7. The highest BCUT2D eigenvalue weighted by molar-refractivity contribution is 6.35. The normalized spacial score (nSPS) is 10.9. The Balaban J connectivity index is 1.95. The van der Waals surface area contributed by atoms with Gasteiger partial charge >= 0.3 is 5.63 Å². The van der Waals surface area contributed by atoms with E-state index in [1.807, 2.05) is 25.1 Å². The van der Waals surface area contributed by atoms with Gasteiger partial charge in [-0.05, 0) is 42.3 Å². The Kier molecular flexibility index (Phi) is 4.10. The topological polar surface area (TPSA) is 42.2 Å². The number of benzene rings is 2. The van der Waals surface area contributed by atoms with Crippen molar-refractivity contribution in [1.82, 2.24) is 0 Å². The number of anilines is 1. The zero-order chi connectivity index (χ0) is 15.7. The molecule has 0 saturated heterocycles. The molecule has 0 radical (unpaired) electrons. The fourth-order valence-corrected chi connectivity index (χ4v) is 2.86. The van der Waals surface area contributed by atoms with Crippen molar-refractivity contribution in [3.8, 4) is 0 Å². The van der Waals surface area contributed by atoms with Crippen molar-refractivity contribution in [3.05, 3.63) is 74.1 Å². The van der Waals surface area contributed by atoms with E-state index in [9.17, 15) is 4.79 Å². The monoisotopic (exact) mass is 333 g/mol. The maximum absolute atomic E-state index is 11.7. The van der Waals surface area contributed by atoms with Gasteiger partial charge in [-0.15, -0.1) is 0 Å². The summed E-state index contributed by atoms with van der Waals surface area (Å²) in [6, 6.07) is 12.5. The van der Waals surface area contributed by atoms with Crippen LogP contribution in [0.2, 0.25) is 10.0 Å². The van der Waals surface area contributed by atoms with Gasteiger partial charge in [0, 0.05) is 33.7 Å². The molecule has 0 saturated carbocycles. The van der Waals surface area contributed by atoms with Gasteiger partial charge in [-0.1, -0.05) is 35.3 Å². The number of fused-ring (bicyclic) bond motifs is 1. The van der Waals surface area contributed by atoms with Crippen molar-refractivity contribution in [2.24, 2.45) is 0 Å². The Morgan fingerprint density at radius 1 is 1.05 bits per heavy atom. The van der Waals surface area contributed by atoms with Crippen molar-refractivity contribution < 1.29 is 4.42 Å². The number of rotatable bonds is 3. The van der Waals surface area contributed by atoms with Gasteiger partial charge in [-0.25, -0.2) is 4.79 Å². The van der Waals surface area contributed by atoms with Gasteiger partial charge in [0.05, 0.1) is 0 Å². The summed E-state index contributed by atoms with van der Waals surface area (Å²) in [5.74, 6) is 0. The molecule has 0 aliphatic carbocycles. The lowest BCUT2D eigenvalue weighted by Gasteiger charge is -2.10. The first-order valence-corrected chi connectivity index (χ1v) is 7.50. The number of hydrogen-bond donors (Lipinski definition) is 1. The van der Waals surface area contributed by atoms with Crippen LogP contribution < -0.4 is 10.9 Å². The first-order valence-electron chi connectivity index (χ1n) is 6.74. The molecule has 3 aromatic rings. The molecule has 0 aliphatic heterocycles. The summed E-state index contributed by atoms with van der Waals surface area (Å²) >= 11 is 12.0. The van der Waals surface area contributed by atoms with Crippen LogP contribution in [-0.4, -0.2) is 0 Å². The van der Waals surface area contributed by atoms with Crippen molar-refractivity contribution in [2.75, 3.05) is 5.32 Å². The first kappa shape index (κ1) is 14.9. The van der Waals surface area contributed by atoms with Crippen molar-refractivity contribution >= 4 is 39.9 Å². The molecule has 3 rings (SSSR count). The molecule has 0 amide bonds. The van der Waals surface area contributed by atoms with E-state index < -0.39 is 0 Å².